The number of carbonyl (C=O) groups excluding carboxylic acids is 1. The van der Waals surface area contributed by atoms with E-state index < -0.39 is 0 Å². The Labute approximate surface area is 175 Å². The third-order valence-electron chi connectivity index (χ3n) is 5.30. The molecule has 1 aromatic carbocycles. The van der Waals surface area contributed by atoms with Crippen LogP contribution < -0.4 is 5.32 Å². The van der Waals surface area contributed by atoms with Gasteiger partial charge in [-0.3, -0.25) is 9.69 Å². The smallest absolute Gasteiger partial charge is 0.220 e. The van der Waals surface area contributed by atoms with Gasteiger partial charge in [-0.05, 0) is 37.0 Å². The van der Waals surface area contributed by atoms with E-state index in [2.05, 4.69) is 49.8 Å². The number of nitrogens with one attached hydrogen (secondary N) is 1. The summed E-state index contributed by atoms with van der Waals surface area (Å²) in [5.41, 5.74) is 2.00. The maximum absolute atomic E-state index is 12.3. The second kappa shape index (κ2) is 9.33. The lowest BCUT2D eigenvalue weighted by Crippen LogP contribution is -2.44. The Morgan fingerprint density at radius 2 is 1.90 bits per heavy atom. The number of nitrogens with zero attached hydrogens (tertiary/aromatic N) is 5. The fraction of sp³-hybridized carbons (Fsp3) is 0.429. The Hall–Kier alpha value is -2.51. The highest BCUT2D eigenvalue weighted by atomic mass is 35.5. The first-order chi connectivity index (χ1) is 14.2. The largest absolute Gasteiger partial charge is 0.353 e. The number of hydrogen-bond donors (Lipinski definition) is 1. The van der Waals surface area contributed by atoms with Gasteiger partial charge in [0.15, 0.2) is 11.5 Å². The Bertz CT molecular complexity index is 952. The van der Waals surface area contributed by atoms with E-state index in [1.54, 1.807) is 16.6 Å². The fourth-order valence-corrected chi connectivity index (χ4v) is 3.89. The van der Waals surface area contributed by atoms with Crippen LogP contribution >= 0.6 is 11.6 Å². The van der Waals surface area contributed by atoms with E-state index in [-0.39, 0.29) is 11.9 Å². The lowest BCUT2D eigenvalue weighted by molar-refractivity contribution is -0.122. The molecule has 1 aliphatic rings. The zero-order valence-corrected chi connectivity index (χ0v) is 17.1. The van der Waals surface area contributed by atoms with Crippen LogP contribution in [-0.4, -0.2) is 49.7 Å². The summed E-state index contributed by atoms with van der Waals surface area (Å²) in [6, 6.07) is 14.3. The third-order valence-corrected chi connectivity index (χ3v) is 5.50. The minimum atomic E-state index is 0.103. The summed E-state index contributed by atoms with van der Waals surface area (Å²) >= 11 is 5.94. The van der Waals surface area contributed by atoms with Crippen molar-refractivity contribution >= 4 is 23.2 Å². The SMILES string of the molecule is O=C(CCCc1nnc2ccc(Cl)nn12)NC1CCN(Cc2ccccc2)CC1. The Morgan fingerprint density at radius 3 is 2.69 bits per heavy atom. The number of benzene rings is 1. The number of piperidine rings is 1. The Balaban J connectivity index is 1.18. The first-order valence-corrected chi connectivity index (χ1v) is 10.5. The molecule has 0 atom stereocenters. The predicted octanol–water partition coefficient (Wildman–Crippen LogP) is 2.88. The number of amides is 1. The van der Waals surface area contributed by atoms with Gasteiger partial charge in [0.25, 0.3) is 0 Å². The Kier molecular flexibility index (Phi) is 6.36. The van der Waals surface area contributed by atoms with Crippen LogP contribution in [0.5, 0.6) is 0 Å². The fourth-order valence-electron chi connectivity index (χ4n) is 3.75. The first-order valence-electron chi connectivity index (χ1n) is 10.1. The minimum Gasteiger partial charge on any atom is -0.353 e. The van der Waals surface area contributed by atoms with Gasteiger partial charge in [0, 0.05) is 38.5 Å². The third kappa shape index (κ3) is 5.31. The van der Waals surface area contributed by atoms with Crippen molar-refractivity contribution in [1.82, 2.24) is 30.0 Å². The van der Waals surface area contributed by atoms with Gasteiger partial charge in [0.05, 0.1) is 0 Å². The summed E-state index contributed by atoms with van der Waals surface area (Å²) in [6.07, 6.45) is 3.80. The molecule has 1 fully saturated rings. The number of aryl methyl sites for hydroxylation is 1. The van der Waals surface area contributed by atoms with Gasteiger partial charge in [0.1, 0.15) is 5.15 Å². The van der Waals surface area contributed by atoms with Gasteiger partial charge in [-0.25, -0.2) is 0 Å². The second-order valence-corrected chi connectivity index (χ2v) is 7.89. The minimum absolute atomic E-state index is 0.103. The Morgan fingerprint density at radius 1 is 1.10 bits per heavy atom. The van der Waals surface area contributed by atoms with Crippen LogP contribution in [0.4, 0.5) is 0 Å². The van der Waals surface area contributed by atoms with E-state index in [0.29, 0.717) is 30.1 Å². The molecule has 3 heterocycles. The van der Waals surface area contributed by atoms with E-state index in [9.17, 15) is 4.79 Å². The molecule has 4 rings (SSSR count). The molecule has 3 aromatic rings. The van der Waals surface area contributed by atoms with Gasteiger partial charge >= 0.3 is 0 Å². The normalized spacial score (nSPS) is 15.6. The quantitative estimate of drug-likeness (QED) is 0.645. The molecule has 1 amide bonds. The molecule has 0 saturated carbocycles. The van der Waals surface area contributed by atoms with Crippen molar-refractivity contribution in [3.8, 4) is 0 Å². The molecule has 0 radical (unpaired) electrons. The van der Waals surface area contributed by atoms with E-state index in [1.807, 2.05) is 6.07 Å². The molecule has 7 nitrogen and oxygen atoms in total. The average Bonchev–Trinajstić information content (AvgIpc) is 3.12. The van der Waals surface area contributed by atoms with Crippen LogP contribution in [0.2, 0.25) is 5.15 Å². The number of fused-ring (bicyclic) bond motifs is 1. The van der Waals surface area contributed by atoms with Gasteiger partial charge in [-0.2, -0.15) is 9.61 Å². The van der Waals surface area contributed by atoms with Crippen molar-refractivity contribution in [1.29, 1.82) is 0 Å². The number of carbonyl (C=O) groups is 1. The molecule has 8 heteroatoms. The molecule has 1 N–H and O–H groups in total. The number of halogens is 1. The van der Waals surface area contributed by atoms with Gasteiger partial charge in [0.2, 0.25) is 5.91 Å². The summed E-state index contributed by atoms with van der Waals surface area (Å²) < 4.78 is 1.64. The summed E-state index contributed by atoms with van der Waals surface area (Å²) in [7, 11) is 0. The lowest BCUT2D eigenvalue weighted by Gasteiger charge is -2.32. The van der Waals surface area contributed by atoms with Crippen LogP contribution in [0, 0.1) is 0 Å². The van der Waals surface area contributed by atoms with Crippen molar-refractivity contribution in [2.75, 3.05) is 13.1 Å². The van der Waals surface area contributed by atoms with Crippen molar-refractivity contribution in [3.05, 3.63) is 59.0 Å². The zero-order chi connectivity index (χ0) is 20.1. The van der Waals surface area contributed by atoms with Crippen molar-refractivity contribution in [3.63, 3.8) is 0 Å². The summed E-state index contributed by atoms with van der Waals surface area (Å²) in [6.45, 7) is 3.00. The molecule has 152 valence electrons. The predicted molar refractivity (Wildman–Crippen MR) is 112 cm³/mol. The molecular weight excluding hydrogens is 388 g/mol. The van der Waals surface area contributed by atoms with E-state index in [4.69, 9.17) is 11.6 Å². The molecule has 0 spiro atoms. The molecule has 0 bridgehead atoms. The summed E-state index contributed by atoms with van der Waals surface area (Å²) in [5, 5.41) is 16.0. The highest BCUT2D eigenvalue weighted by Crippen LogP contribution is 2.14. The summed E-state index contributed by atoms with van der Waals surface area (Å²) in [5.74, 6) is 0.829. The molecule has 1 aliphatic heterocycles. The van der Waals surface area contributed by atoms with E-state index in [0.717, 1.165) is 38.3 Å². The van der Waals surface area contributed by atoms with Gasteiger partial charge < -0.3 is 5.32 Å². The van der Waals surface area contributed by atoms with Gasteiger partial charge in [-0.1, -0.05) is 41.9 Å². The van der Waals surface area contributed by atoms with Crippen molar-refractivity contribution < 1.29 is 4.79 Å². The van der Waals surface area contributed by atoms with Crippen LogP contribution in [0.15, 0.2) is 42.5 Å². The molecule has 29 heavy (non-hydrogen) atoms. The number of rotatable bonds is 7. The molecular formula is C21H25ClN6O. The van der Waals surface area contributed by atoms with Crippen molar-refractivity contribution in [2.24, 2.45) is 0 Å². The molecule has 0 unspecified atom stereocenters. The standard InChI is InChI=1S/C21H25ClN6O/c22-18-9-10-20-25-24-19(28(20)26-18)7-4-8-21(29)23-17-11-13-27(14-12-17)15-16-5-2-1-3-6-16/h1-3,5-6,9-10,17H,4,7-8,11-15H2,(H,23,29). The monoisotopic (exact) mass is 412 g/mol. The highest BCUT2D eigenvalue weighted by molar-refractivity contribution is 6.29. The first kappa shape index (κ1) is 19.8. The second-order valence-electron chi connectivity index (χ2n) is 7.50. The topological polar surface area (TPSA) is 75.4 Å². The van der Waals surface area contributed by atoms with E-state index in [1.165, 1.54) is 5.56 Å². The number of aromatic nitrogens is 4. The summed E-state index contributed by atoms with van der Waals surface area (Å²) in [4.78, 5) is 14.8. The van der Waals surface area contributed by atoms with Gasteiger partial charge in [-0.15, -0.1) is 10.2 Å². The maximum Gasteiger partial charge on any atom is 0.220 e. The number of hydrogen-bond acceptors (Lipinski definition) is 5. The number of likely N-dealkylation sites (tertiary alicyclic amines) is 1. The van der Waals surface area contributed by atoms with Crippen LogP contribution in [0.1, 0.15) is 37.1 Å². The van der Waals surface area contributed by atoms with Crippen LogP contribution in [0.25, 0.3) is 5.65 Å². The van der Waals surface area contributed by atoms with Crippen molar-refractivity contribution in [2.45, 2.75) is 44.7 Å². The van der Waals surface area contributed by atoms with Crippen LogP contribution in [0.3, 0.4) is 0 Å². The molecule has 2 aromatic heterocycles. The average molecular weight is 413 g/mol. The van der Waals surface area contributed by atoms with Crippen LogP contribution in [-0.2, 0) is 17.8 Å². The zero-order valence-electron chi connectivity index (χ0n) is 16.3. The highest BCUT2D eigenvalue weighted by Gasteiger charge is 2.20. The molecule has 1 saturated heterocycles. The maximum atomic E-state index is 12.3. The molecule has 0 aliphatic carbocycles. The lowest BCUT2D eigenvalue weighted by atomic mass is 10.0. The van der Waals surface area contributed by atoms with E-state index >= 15 is 0 Å².